The number of nitrogens with zero attached hydrogens (tertiary/aromatic N) is 4. The van der Waals surface area contributed by atoms with Crippen molar-refractivity contribution in [1.29, 1.82) is 0 Å². The van der Waals surface area contributed by atoms with Crippen LogP contribution in [-0.2, 0) is 4.79 Å². The SMILES string of the molecule is C=NN1C(=NC)C=C(Nc2cccn(C3CC(F)C3)c2=O)N/C1=C(/C)C(=O)N[C@H]1CC[C@@H]1O. The van der Waals surface area contributed by atoms with Crippen molar-refractivity contribution in [3.05, 3.63) is 52.0 Å². The number of nitrogens with one attached hydrogen (secondary N) is 3. The van der Waals surface area contributed by atoms with Gasteiger partial charge < -0.3 is 25.6 Å². The fourth-order valence-electron chi connectivity index (χ4n) is 3.97. The Kier molecular flexibility index (Phi) is 6.32. The molecule has 4 rings (SSSR count). The van der Waals surface area contributed by atoms with Crippen LogP contribution in [0.25, 0.3) is 0 Å². The monoisotopic (exact) mass is 457 g/mol. The highest BCUT2D eigenvalue weighted by Gasteiger charge is 2.33. The Balaban J connectivity index is 1.60. The average molecular weight is 458 g/mol. The van der Waals surface area contributed by atoms with Gasteiger partial charge in [0.1, 0.15) is 23.5 Å². The summed E-state index contributed by atoms with van der Waals surface area (Å²) in [5.74, 6) is 0.762. The van der Waals surface area contributed by atoms with E-state index in [1.807, 2.05) is 0 Å². The summed E-state index contributed by atoms with van der Waals surface area (Å²) in [6.07, 6.45) is 3.90. The number of aliphatic hydroxyl groups is 1. The van der Waals surface area contributed by atoms with Crippen LogP contribution in [0.2, 0.25) is 0 Å². The van der Waals surface area contributed by atoms with Gasteiger partial charge in [0.2, 0.25) is 0 Å². The summed E-state index contributed by atoms with van der Waals surface area (Å²) in [5.41, 5.74) is 0.340. The van der Waals surface area contributed by atoms with E-state index < -0.39 is 12.3 Å². The van der Waals surface area contributed by atoms with E-state index >= 15 is 0 Å². The second kappa shape index (κ2) is 9.18. The number of aliphatic hydroxyl groups excluding tert-OH is 1. The van der Waals surface area contributed by atoms with Crippen LogP contribution in [0.15, 0.2) is 56.5 Å². The number of carbonyl (C=O) groups is 1. The van der Waals surface area contributed by atoms with Crippen LogP contribution in [0.5, 0.6) is 0 Å². The maximum absolute atomic E-state index is 13.3. The highest BCUT2D eigenvalue weighted by molar-refractivity contribution is 5.99. The summed E-state index contributed by atoms with van der Waals surface area (Å²) in [5, 5.41) is 24.1. The third kappa shape index (κ3) is 4.40. The zero-order valence-electron chi connectivity index (χ0n) is 18.6. The van der Waals surface area contributed by atoms with Crippen LogP contribution < -0.4 is 21.5 Å². The first-order valence-corrected chi connectivity index (χ1v) is 10.9. The van der Waals surface area contributed by atoms with Crippen LogP contribution in [0.1, 0.15) is 38.6 Å². The molecule has 0 bridgehead atoms. The molecule has 1 aromatic heterocycles. The van der Waals surface area contributed by atoms with Gasteiger partial charge in [0.25, 0.3) is 11.5 Å². The Morgan fingerprint density at radius 3 is 2.70 bits per heavy atom. The number of alkyl halides is 1. The van der Waals surface area contributed by atoms with Crippen LogP contribution >= 0.6 is 0 Å². The molecular formula is C22H28FN7O3. The highest BCUT2D eigenvalue weighted by Crippen LogP contribution is 2.33. The Morgan fingerprint density at radius 1 is 1.36 bits per heavy atom. The molecule has 0 unspecified atom stereocenters. The van der Waals surface area contributed by atoms with E-state index in [1.54, 1.807) is 38.4 Å². The van der Waals surface area contributed by atoms with Crippen molar-refractivity contribution in [3.8, 4) is 0 Å². The lowest BCUT2D eigenvalue weighted by molar-refractivity contribution is -0.120. The van der Waals surface area contributed by atoms with Crippen molar-refractivity contribution in [1.82, 2.24) is 20.2 Å². The first-order chi connectivity index (χ1) is 15.8. The predicted octanol–water partition coefficient (Wildman–Crippen LogP) is 1.19. The first kappa shape index (κ1) is 22.7. The van der Waals surface area contributed by atoms with E-state index in [9.17, 15) is 19.1 Å². The van der Waals surface area contributed by atoms with E-state index in [1.165, 1.54) is 9.58 Å². The Bertz CT molecular complexity index is 1100. The smallest absolute Gasteiger partial charge is 0.274 e. The molecular weight excluding hydrogens is 429 g/mol. The molecule has 1 aliphatic heterocycles. The molecule has 11 heteroatoms. The second-order valence-electron chi connectivity index (χ2n) is 8.40. The number of aromatic nitrogens is 1. The minimum absolute atomic E-state index is 0.154. The van der Waals surface area contributed by atoms with E-state index in [0.29, 0.717) is 54.4 Å². The lowest BCUT2D eigenvalue weighted by atomic mass is 9.89. The number of hydrogen-bond acceptors (Lipinski definition) is 7. The molecule has 2 aliphatic carbocycles. The number of carbonyl (C=O) groups excluding carboxylic acids is 1. The van der Waals surface area contributed by atoms with Gasteiger partial charge in [-0.05, 0) is 44.7 Å². The minimum Gasteiger partial charge on any atom is -0.391 e. The maximum Gasteiger partial charge on any atom is 0.274 e. The average Bonchev–Trinajstić information content (AvgIpc) is 2.79. The Hall–Kier alpha value is -3.47. The summed E-state index contributed by atoms with van der Waals surface area (Å²) in [7, 11) is 1.57. The van der Waals surface area contributed by atoms with Gasteiger partial charge in [-0.2, -0.15) is 10.1 Å². The number of amidine groups is 1. The van der Waals surface area contributed by atoms with Gasteiger partial charge >= 0.3 is 0 Å². The molecule has 2 saturated carbocycles. The number of anilines is 1. The lowest BCUT2D eigenvalue weighted by Crippen LogP contribution is -2.51. The van der Waals surface area contributed by atoms with Crippen LogP contribution in [0.3, 0.4) is 0 Å². The molecule has 0 aromatic carbocycles. The predicted molar refractivity (Wildman–Crippen MR) is 123 cm³/mol. The van der Waals surface area contributed by atoms with Gasteiger partial charge in [0.05, 0.1) is 17.7 Å². The third-order valence-corrected chi connectivity index (χ3v) is 6.27. The van der Waals surface area contributed by atoms with Crippen molar-refractivity contribution in [2.75, 3.05) is 12.4 Å². The standard InChI is InChI=1S/C22H28FN7O3/c1-12(21(32)27-15-6-7-17(15)31)20-28-18(11-19(24-2)30(20)25-3)26-16-5-4-8-29(22(16)33)14-9-13(23)10-14/h4-5,8,11,13-15,17,26,28,31H,3,6-7,9-10H2,1-2H3,(H,27,32)/b20-12+,24-19?/t13?,14?,15-,17-/m0/s1. The number of aliphatic imine (C=N–C) groups is 1. The van der Waals surface area contributed by atoms with Gasteiger partial charge in [-0.3, -0.25) is 14.6 Å². The second-order valence-corrected chi connectivity index (χ2v) is 8.40. The fraction of sp³-hybridized carbons (Fsp3) is 0.455. The molecule has 4 N–H and O–H groups in total. The molecule has 176 valence electrons. The number of amides is 1. The fourth-order valence-corrected chi connectivity index (χ4v) is 3.97. The van der Waals surface area contributed by atoms with Crippen molar-refractivity contribution in [2.45, 2.75) is 57.0 Å². The van der Waals surface area contributed by atoms with Crippen LogP contribution in [0.4, 0.5) is 10.1 Å². The molecule has 2 heterocycles. The van der Waals surface area contributed by atoms with E-state index in [2.05, 4.69) is 32.8 Å². The van der Waals surface area contributed by atoms with Crippen molar-refractivity contribution in [3.63, 3.8) is 0 Å². The quantitative estimate of drug-likeness (QED) is 0.376. The van der Waals surface area contributed by atoms with Gasteiger partial charge in [-0.25, -0.2) is 4.39 Å². The summed E-state index contributed by atoms with van der Waals surface area (Å²) in [6, 6.07) is 2.92. The molecule has 1 amide bonds. The van der Waals surface area contributed by atoms with Crippen molar-refractivity contribution in [2.24, 2.45) is 10.1 Å². The van der Waals surface area contributed by atoms with E-state index in [0.717, 1.165) is 0 Å². The summed E-state index contributed by atoms with van der Waals surface area (Å²) < 4.78 is 14.8. The Morgan fingerprint density at radius 2 is 2.12 bits per heavy atom. The number of halogens is 1. The lowest BCUT2D eigenvalue weighted by Gasteiger charge is -2.34. The number of hydrogen-bond donors (Lipinski definition) is 4. The molecule has 0 radical (unpaired) electrons. The molecule has 2 atom stereocenters. The van der Waals surface area contributed by atoms with Crippen LogP contribution in [0, 0.1) is 0 Å². The topological polar surface area (TPSA) is 123 Å². The van der Waals surface area contributed by atoms with Gasteiger partial charge in [-0.15, -0.1) is 0 Å². The summed E-state index contributed by atoms with van der Waals surface area (Å²) in [4.78, 5) is 29.9. The van der Waals surface area contributed by atoms with Gasteiger partial charge in [0, 0.05) is 32.1 Å². The number of pyridine rings is 1. The van der Waals surface area contributed by atoms with Crippen LogP contribution in [-0.4, -0.2) is 58.5 Å². The molecule has 0 saturated heterocycles. The maximum atomic E-state index is 13.3. The van der Waals surface area contributed by atoms with E-state index in [4.69, 9.17) is 0 Å². The summed E-state index contributed by atoms with van der Waals surface area (Å²) in [6.45, 7) is 5.19. The normalized spacial score (nSPS) is 29.3. The third-order valence-electron chi connectivity index (χ3n) is 6.27. The minimum atomic E-state index is -0.871. The summed E-state index contributed by atoms with van der Waals surface area (Å²) >= 11 is 0. The Labute approximate surface area is 190 Å². The van der Waals surface area contributed by atoms with Gasteiger partial charge in [-0.1, -0.05) is 0 Å². The molecule has 3 aliphatic rings. The first-order valence-electron chi connectivity index (χ1n) is 10.9. The molecule has 1 aromatic rings. The zero-order chi connectivity index (χ0) is 23.7. The molecule has 33 heavy (non-hydrogen) atoms. The molecule has 0 spiro atoms. The zero-order valence-corrected chi connectivity index (χ0v) is 18.6. The van der Waals surface area contributed by atoms with Gasteiger partial charge in [0.15, 0.2) is 5.84 Å². The number of rotatable bonds is 6. The largest absolute Gasteiger partial charge is 0.391 e. The van der Waals surface area contributed by atoms with Crippen molar-refractivity contribution >= 4 is 24.1 Å². The van der Waals surface area contributed by atoms with Crippen molar-refractivity contribution < 1.29 is 14.3 Å². The number of hydrazone groups is 1. The molecule has 10 nitrogen and oxygen atoms in total. The molecule has 2 fully saturated rings. The van der Waals surface area contributed by atoms with E-state index in [-0.39, 0.29) is 23.6 Å². The highest BCUT2D eigenvalue weighted by atomic mass is 19.1.